The maximum atomic E-state index is 9.77. The molecule has 20 heavy (non-hydrogen) atoms. The summed E-state index contributed by atoms with van der Waals surface area (Å²) in [7, 11) is 1.65. The summed E-state index contributed by atoms with van der Waals surface area (Å²) in [5.74, 6) is 1.09. The number of nitrogens with one attached hydrogen (secondary N) is 1. The average Bonchev–Trinajstić information content (AvgIpc) is 2.48. The zero-order chi connectivity index (χ0) is 14.5. The van der Waals surface area contributed by atoms with Crippen molar-refractivity contribution in [3.8, 4) is 11.5 Å². The van der Waals surface area contributed by atoms with Gasteiger partial charge in [-0.15, -0.1) is 0 Å². The summed E-state index contributed by atoms with van der Waals surface area (Å²) in [5.41, 5.74) is 1.95. The van der Waals surface area contributed by atoms with Crippen LogP contribution in [0.3, 0.4) is 0 Å². The van der Waals surface area contributed by atoms with Crippen LogP contribution >= 0.6 is 11.6 Å². The molecule has 1 atom stereocenters. The highest BCUT2D eigenvalue weighted by molar-refractivity contribution is 6.30. The van der Waals surface area contributed by atoms with E-state index in [0.29, 0.717) is 11.6 Å². The Hall–Kier alpha value is -1.71. The van der Waals surface area contributed by atoms with E-state index < -0.39 is 0 Å². The Kier molecular flexibility index (Phi) is 4.88. The number of hydrogen-bond acceptors (Lipinski definition) is 3. The van der Waals surface area contributed by atoms with Crippen LogP contribution in [0.25, 0.3) is 0 Å². The molecular formula is C16H18ClNO2. The summed E-state index contributed by atoms with van der Waals surface area (Å²) in [6.45, 7) is 2.63. The molecule has 0 aliphatic heterocycles. The van der Waals surface area contributed by atoms with Crippen molar-refractivity contribution in [1.82, 2.24) is 5.32 Å². The van der Waals surface area contributed by atoms with Gasteiger partial charge in [0.05, 0.1) is 7.11 Å². The van der Waals surface area contributed by atoms with Crippen LogP contribution in [0.1, 0.15) is 24.1 Å². The number of ether oxygens (including phenoxy) is 1. The Morgan fingerprint density at radius 1 is 1.20 bits per heavy atom. The highest BCUT2D eigenvalue weighted by Crippen LogP contribution is 2.23. The third-order valence-electron chi connectivity index (χ3n) is 3.26. The molecule has 2 aromatic carbocycles. The normalized spacial score (nSPS) is 12.2. The number of hydrogen-bond donors (Lipinski definition) is 2. The Morgan fingerprint density at radius 2 is 1.90 bits per heavy atom. The van der Waals surface area contributed by atoms with Gasteiger partial charge in [-0.25, -0.2) is 0 Å². The van der Waals surface area contributed by atoms with E-state index in [9.17, 15) is 5.11 Å². The van der Waals surface area contributed by atoms with E-state index in [2.05, 4.69) is 12.2 Å². The van der Waals surface area contributed by atoms with Gasteiger partial charge in [0.2, 0.25) is 0 Å². The Balaban J connectivity index is 2.00. The summed E-state index contributed by atoms with van der Waals surface area (Å²) in [6, 6.07) is 13.1. The van der Waals surface area contributed by atoms with Crippen LogP contribution in [0.2, 0.25) is 5.02 Å². The zero-order valence-corrected chi connectivity index (χ0v) is 12.3. The van der Waals surface area contributed by atoms with Crippen molar-refractivity contribution in [3.63, 3.8) is 0 Å². The summed E-state index contributed by atoms with van der Waals surface area (Å²) >= 11 is 5.93. The van der Waals surface area contributed by atoms with E-state index in [0.717, 1.165) is 16.9 Å². The third-order valence-corrected chi connectivity index (χ3v) is 3.49. The van der Waals surface area contributed by atoms with Crippen molar-refractivity contribution in [1.29, 1.82) is 0 Å². The monoisotopic (exact) mass is 291 g/mol. The van der Waals surface area contributed by atoms with Gasteiger partial charge in [0, 0.05) is 23.2 Å². The molecule has 0 aromatic heterocycles. The fraction of sp³-hybridized carbons (Fsp3) is 0.250. The number of methoxy groups -OCH3 is 1. The van der Waals surface area contributed by atoms with Crippen molar-refractivity contribution in [2.75, 3.05) is 7.11 Å². The second-order valence-corrected chi connectivity index (χ2v) is 5.09. The van der Waals surface area contributed by atoms with Crippen molar-refractivity contribution in [2.45, 2.75) is 19.5 Å². The van der Waals surface area contributed by atoms with Gasteiger partial charge < -0.3 is 15.2 Å². The SMILES string of the molecule is COc1ccc(C(C)NCc2cc(Cl)ccc2O)cc1. The minimum Gasteiger partial charge on any atom is -0.508 e. The van der Waals surface area contributed by atoms with Gasteiger partial charge in [-0.2, -0.15) is 0 Å². The van der Waals surface area contributed by atoms with Crippen LogP contribution < -0.4 is 10.1 Å². The molecule has 0 spiro atoms. The summed E-state index contributed by atoms with van der Waals surface area (Å²) in [4.78, 5) is 0. The standard InChI is InChI=1S/C16H18ClNO2/c1-11(12-3-6-15(20-2)7-4-12)18-10-13-9-14(17)5-8-16(13)19/h3-9,11,18-19H,10H2,1-2H3. The van der Waals surface area contributed by atoms with E-state index in [-0.39, 0.29) is 11.8 Å². The van der Waals surface area contributed by atoms with Crippen LogP contribution in [-0.4, -0.2) is 12.2 Å². The van der Waals surface area contributed by atoms with E-state index >= 15 is 0 Å². The number of halogens is 1. The maximum Gasteiger partial charge on any atom is 0.120 e. The van der Waals surface area contributed by atoms with Gasteiger partial charge in [-0.3, -0.25) is 0 Å². The lowest BCUT2D eigenvalue weighted by atomic mass is 10.1. The smallest absolute Gasteiger partial charge is 0.120 e. The number of phenolic OH excluding ortho intramolecular Hbond substituents is 1. The van der Waals surface area contributed by atoms with Gasteiger partial charge >= 0.3 is 0 Å². The predicted molar refractivity (Wildman–Crippen MR) is 81.4 cm³/mol. The van der Waals surface area contributed by atoms with Crippen LogP contribution in [0.5, 0.6) is 11.5 Å². The predicted octanol–water partition coefficient (Wildman–Crippen LogP) is 3.91. The number of benzene rings is 2. The van der Waals surface area contributed by atoms with E-state index in [1.54, 1.807) is 25.3 Å². The molecular weight excluding hydrogens is 274 g/mol. The summed E-state index contributed by atoms with van der Waals surface area (Å²) in [6.07, 6.45) is 0. The van der Waals surface area contributed by atoms with E-state index in [1.807, 2.05) is 24.3 Å². The highest BCUT2D eigenvalue weighted by atomic mass is 35.5. The first-order valence-corrected chi connectivity index (χ1v) is 6.82. The van der Waals surface area contributed by atoms with Crippen molar-refractivity contribution in [2.24, 2.45) is 0 Å². The molecule has 0 aliphatic rings. The molecule has 0 aliphatic carbocycles. The molecule has 3 nitrogen and oxygen atoms in total. The first-order valence-electron chi connectivity index (χ1n) is 6.45. The first-order chi connectivity index (χ1) is 9.60. The van der Waals surface area contributed by atoms with Crippen LogP contribution in [0.15, 0.2) is 42.5 Å². The fourth-order valence-corrected chi connectivity index (χ4v) is 2.16. The van der Waals surface area contributed by atoms with E-state index in [4.69, 9.17) is 16.3 Å². The molecule has 2 N–H and O–H groups in total. The third kappa shape index (κ3) is 3.65. The molecule has 0 saturated heterocycles. The first kappa shape index (κ1) is 14.7. The molecule has 0 bridgehead atoms. The van der Waals surface area contributed by atoms with E-state index in [1.165, 1.54) is 0 Å². The van der Waals surface area contributed by atoms with Gasteiger partial charge in [0.1, 0.15) is 11.5 Å². The second-order valence-electron chi connectivity index (χ2n) is 4.65. The molecule has 1 unspecified atom stereocenters. The lowest BCUT2D eigenvalue weighted by molar-refractivity contribution is 0.414. The number of aromatic hydroxyl groups is 1. The molecule has 106 valence electrons. The Bertz CT molecular complexity index is 569. The lowest BCUT2D eigenvalue weighted by Crippen LogP contribution is -2.18. The summed E-state index contributed by atoms with van der Waals surface area (Å²) in [5, 5.41) is 13.8. The maximum absolute atomic E-state index is 9.77. The van der Waals surface area contributed by atoms with Crippen molar-refractivity contribution >= 4 is 11.6 Å². The quantitative estimate of drug-likeness (QED) is 0.878. The Labute approximate surface area is 124 Å². The van der Waals surface area contributed by atoms with Gasteiger partial charge in [0.25, 0.3) is 0 Å². The van der Waals surface area contributed by atoms with Gasteiger partial charge in [-0.05, 0) is 42.8 Å². The Morgan fingerprint density at radius 3 is 2.55 bits per heavy atom. The molecule has 0 radical (unpaired) electrons. The van der Waals surface area contributed by atoms with Crippen molar-refractivity contribution in [3.05, 3.63) is 58.6 Å². The molecule has 2 aromatic rings. The topological polar surface area (TPSA) is 41.5 Å². The molecule has 0 fully saturated rings. The molecule has 0 heterocycles. The lowest BCUT2D eigenvalue weighted by Gasteiger charge is -2.15. The minimum atomic E-state index is 0.166. The van der Waals surface area contributed by atoms with Gasteiger partial charge in [0.15, 0.2) is 0 Å². The molecule has 0 saturated carbocycles. The highest BCUT2D eigenvalue weighted by Gasteiger charge is 2.07. The summed E-state index contributed by atoms with van der Waals surface area (Å²) < 4.78 is 5.14. The minimum absolute atomic E-state index is 0.166. The zero-order valence-electron chi connectivity index (χ0n) is 11.6. The largest absolute Gasteiger partial charge is 0.508 e. The molecule has 4 heteroatoms. The number of phenols is 1. The van der Waals surface area contributed by atoms with Crippen LogP contribution in [-0.2, 0) is 6.54 Å². The van der Waals surface area contributed by atoms with Crippen LogP contribution in [0.4, 0.5) is 0 Å². The van der Waals surface area contributed by atoms with Gasteiger partial charge in [-0.1, -0.05) is 23.7 Å². The molecule has 2 rings (SSSR count). The van der Waals surface area contributed by atoms with Crippen molar-refractivity contribution < 1.29 is 9.84 Å². The fourth-order valence-electron chi connectivity index (χ4n) is 1.97. The van der Waals surface area contributed by atoms with Crippen LogP contribution in [0, 0.1) is 0 Å². The molecule has 0 amide bonds. The number of rotatable bonds is 5. The average molecular weight is 292 g/mol. The second kappa shape index (κ2) is 6.64.